The second-order valence-corrected chi connectivity index (χ2v) is 6.44. The Kier molecular flexibility index (Phi) is 7.27. The van der Waals surface area contributed by atoms with Crippen LogP contribution in [0.25, 0.3) is 0 Å². The number of methoxy groups -OCH3 is 1. The Balaban J connectivity index is 2.12. The zero-order valence-electron chi connectivity index (χ0n) is 15.4. The van der Waals surface area contributed by atoms with Crippen LogP contribution in [0.4, 0.5) is 13.6 Å². The minimum atomic E-state index is -0.970. The number of benzene rings is 1. The molecule has 1 aromatic carbocycles. The van der Waals surface area contributed by atoms with Gasteiger partial charge in [0, 0.05) is 18.5 Å². The molecule has 0 aliphatic carbocycles. The monoisotopic (exact) mass is 383 g/mol. The van der Waals surface area contributed by atoms with E-state index in [9.17, 15) is 23.2 Å². The average Bonchev–Trinajstić information content (AvgIpc) is 2.64. The Labute approximate surface area is 156 Å². The highest BCUT2D eigenvalue weighted by Gasteiger charge is 2.35. The number of carbonyl (C=O) groups is 3. The van der Waals surface area contributed by atoms with E-state index in [1.807, 2.05) is 0 Å². The van der Waals surface area contributed by atoms with Crippen molar-refractivity contribution in [2.24, 2.45) is 5.92 Å². The second-order valence-electron chi connectivity index (χ2n) is 6.44. The van der Waals surface area contributed by atoms with Gasteiger partial charge in [0.15, 0.2) is 11.6 Å². The molecule has 1 amide bonds. The maximum Gasteiger partial charge on any atom is 0.409 e. The molecule has 2 atom stereocenters. The maximum atomic E-state index is 13.5. The molecule has 0 saturated carbocycles. The van der Waals surface area contributed by atoms with Crippen molar-refractivity contribution in [3.05, 3.63) is 35.4 Å². The lowest BCUT2D eigenvalue weighted by Crippen LogP contribution is -2.48. The van der Waals surface area contributed by atoms with Crippen LogP contribution in [-0.4, -0.2) is 49.0 Å². The van der Waals surface area contributed by atoms with Gasteiger partial charge in [-0.2, -0.15) is 0 Å². The number of ketones is 1. The number of esters is 1. The van der Waals surface area contributed by atoms with Crippen LogP contribution in [-0.2, 0) is 25.5 Å². The molecule has 0 unspecified atom stereocenters. The minimum absolute atomic E-state index is 0.200. The van der Waals surface area contributed by atoms with Crippen LogP contribution < -0.4 is 0 Å². The lowest BCUT2D eigenvalue weighted by atomic mass is 9.84. The third-order valence-electron chi connectivity index (χ3n) is 4.66. The minimum Gasteiger partial charge on any atom is -0.466 e. The number of ether oxygens (including phenoxy) is 2. The fraction of sp³-hybridized carbons (Fsp3) is 0.526. The van der Waals surface area contributed by atoms with Crippen molar-refractivity contribution in [1.29, 1.82) is 0 Å². The molecule has 1 aromatic rings. The molecule has 0 bridgehead atoms. The van der Waals surface area contributed by atoms with Crippen molar-refractivity contribution in [1.82, 2.24) is 4.90 Å². The van der Waals surface area contributed by atoms with E-state index < -0.39 is 35.7 Å². The van der Waals surface area contributed by atoms with Crippen molar-refractivity contribution in [2.45, 2.75) is 38.6 Å². The molecule has 6 nitrogen and oxygen atoms in total. The third-order valence-corrected chi connectivity index (χ3v) is 4.66. The van der Waals surface area contributed by atoms with E-state index in [4.69, 9.17) is 9.47 Å². The Hall–Kier alpha value is -2.51. The molecule has 1 aliphatic rings. The van der Waals surface area contributed by atoms with Gasteiger partial charge in [-0.15, -0.1) is 0 Å². The summed E-state index contributed by atoms with van der Waals surface area (Å²) in [6.45, 7) is 2.14. The molecular formula is C19H23F2NO5. The highest BCUT2D eigenvalue weighted by molar-refractivity contribution is 5.96. The molecule has 1 saturated heterocycles. The first-order valence-corrected chi connectivity index (χ1v) is 8.82. The van der Waals surface area contributed by atoms with E-state index >= 15 is 0 Å². The van der Waals surface area contributed by atoms with Crippen LogP contribution in [0.15, 0.2) is 18.2 Å². The van der Waals surface area contributed by atoms with Gasteiger partial charge in [-0.25, -0.2) is 13.6 Å². The Morgan fingerprint density at radius 3 is 2.59 bits per heavy atom. The van der Waals surface area contributed by atoms with Crippen LogP contribution >= 0.6 is 0 Å². The van der Waals surface area contributed by atoms with Crippen LogP contribution in [0, 0.1) is 17.6 Å². The predicted octanol–water partition coefficient (Wildman–Crippen LogP) is 2.88. The van der Waals surface area contributed by atoms with Crippen molar-refractivity contribution in [2.75, 3.05) is 20.3 Å². The van der Waals surface area contributed by atoms with Crippen molar-refractivity contribution < 1.29 is 32.6 Å². The van der Waals surface area contributed by atoms with Crippen LogP contribution in [0.2, 0.25) is 0 Å². The highest BCUT2D eigenvalue weighted by Crippen LogP contribution is 2.28. The fourth-order valence-corrected chi connectivity index (χ4v) is 3.33. The number of likely N-dealkylation sites (tertiary alicyclic amines) is 1. The van der Waals surface area contributed by atoms with Gasteiger partial charge in [0.2, 0.25) is 0 Å². The van der Waals surface area contributed by atoms with Gasteiger partial charge in [-0.05, 0) is 43.9 Å². The number of rotatable bonds is 6. The summed E-state index contributed by atoms with van der Waals surface area (Å²) in [7, 11) is 1.26. The summed E-state index contributed by atoms with van der Waals surface area (Å²) in [5, 5.41) is 0. The predicted molar refractivity (Wildman–Crippen MR) is 91.9 cm³/mol. The molecule has 0 spiro atoms. The van der Waals surface area contributed by atoms with Crippen molar-refractivity contribution in [3.63, 3.8) is 0 Å². The van der Waals surface area contributed by atoms with Gasteiger partial charge in [0.25, 0.3) is 0 Å². The van der Waals surface area contributed by atoms with Crippen molar-refractivity contribution >= 4 is 17.8 Å². The summed E-state index contributed by atoms with van der Waals surface area (Å²) in [6, 6.07) is 3.12. The highest BCUT2D eigenvalue weighted by atomic mass is 19.2. The number of piperidine rings is 1. The molecule has 8 heteroatoms. The largest absolute Gasteiger partial charge is 0.466 e. The maximum absolute atomic E-state index is 13.5. The van der Waals surface area contributed by atoms with E-state index in [1.54, 1.807) is 6.92 Å². The van der Waals surface area contributed by atoms with E-state index in [-0.39, 0.29) is 31.8 Å². The first-order valence-electron chi connectivity index (χ1n) is 8.82. The van der Waals surface area contributed by atoms with Crippen LogP contribution in [0.3, 0.4) is 0 Å². The third kappa shape index (κ3) is 5.48. The molecule has 1 aliphatic heterocycles. The molecule has 0 radical (unpaired) electrons. The molecule has 2 rings (SSSR count). The van der Waals surface area contributed by atoms with Gasteiger partial charge in [-0.1, -0.05) is 6.07 Å². The summed E-state index contributed by atoms with van der Waals surface area (Å²) in [6.07, 6.45) is 0.108. The standard InChI is InChI=1S/C19H23F2NO5/c1-3-27-18(24)11-17(23)13-6-7-22(19(25)26-2)14(10-13)8-12-4-5-15(20)16(21)9-12/h4-5,9,13-14H,3,6-8,10-11H2,1-2H3/t13-,14-/m0/s1. The Bertz CT molecular complexity index is 709. The first kappa shape index (κ1) is 20.8. The number of hydrogen-bond donors (Lipinski definition) is 0. The smallest absolute Gasteiger partial charge is 0.409 e. The first-order chi connectivity index (χ1) is 12.8. The van der Waals surface area contributed by atoms with Crippen LogP contribution in [0.5, 0.6) is 0 Å². The van der Waals surface area contributed by atoms with Crippen LogP contribution in [0.1, 0.15) is 31.7 Å². The SMILES string of the molecule is CCOC(=O)CC(=O)[C@H]1CCN(C(=O)OC)[C@@H](Cc2ccc(F)c(F)c2)C1. The number of carbonyl (C=O) groups excluding carboxylic acids is 3. The number of nitrogens with zero attached hydrogens (tertiary/aromatic N) is 1. The normalized spacial score (nSPS) is 19.5. The summed E-state index contributed by atoms with van der Waals surface area (Å²) in [4.78, 5) is 37.5. The lowest BCUT2D eigenvalue weighted by Gasteiger charge is -2.38. The number of Topliss-reactive ketones (excluding diaryl/α,β-unsaturated/α-hetero) is 1. The topological polar surface area (TPSA) is 72.9 Å². The van der Waals surface area contributed by atoms with Crippen molar-refractivity contribution in [3.8, 4) is 0 Å². The van der Waals surface area contributed by atoms with Gasteiger partial charge >= 0.3 is 12.1 Å². The van der Waals surface area contributed by atoms with E-state index in [2.05, 4.69) is 0 Å². The second kappa shape index (κ2) is 9.43. The summed E-state index contributed by atoms with van der Waals surface area (Å²) in [5.41, 5.74) is 0.506. The molecule has 27 heavy (non-hydrogen) atoms. The molecular weight excluding hydrogens is 360 g/mol. The van der Waals surface area contributed by atoms with E-state index in [0.29, 0.717) is 18.4 Å². The summed E-state index contributed by atoms with van der Waals surface area (Å²) in [5.74, 6) is -3.15. The Morgan fingerprint density at radius 2 is 1.96 bits per heavy atom. The van der Waals surface area contributed by atoms with E-state index in [1.165, 1.54) is 18.1 Å². The molecule has 1 heterocycles. The van der Waals surface area contributed by atoms with E-state index in [0.717, 1.165) is 12.1 Å². The summed E-state index contributed by atoms with van der Waals surface area (Å²) >= 11 is 0. The quantitative estimate of drug-likeness (QED) is 0.558. The summed E-state index contributed by atoms with van der Waals surface area (Å²) < 4.78 is 36.2. The van der Waals surface area contributed by atoms with Gasteiger partial charge in [0.1, 0.15) is 12.2 Å². The molecule has 0 N–H and O–H groups in total. The molecule has 0 aromatic heterocycles. The van der Waals surface area contributed by atoms with Gasteiger partial charge < -0.3 is 14.4 Å². The number of amides is 1. The molecule has 148 valence electrons. The zero-order valence-corrected chi connectivity index (χ0v) is 15.4. The van der Waals surface area contributed by atoms with Gasteiger partial charge in [0.05, 0.1) is 13.7 Å². The average molecular weight is 383 g/mol. The number of hydrogen-bond acceptors (Lipinski definition) is 5. The Morgan fingerprint density at radius 1 is 1.22 bits per heavy atom. The van der Waals surface area contributed by atoms with Gasteiger partial charge in [-0.3, -0.25) is 9.59 Å². The zero-order chi connectivity index (χ0) is 20.0. The number of halogens is 2. The fourth-order valence-electron chi connectivity index (χ4n) is 3.33. The molecule has 1 fully saturated rings. The lowest BCUT2D eigenvalue weighted by molar-refractivity contribution is -0.146.